The first-order valence-corrected chi connectivity index (χ1v) is 12.4. The van der Waals surface area contributed by atoms with Crippen LogP contribution in [0.15, 0.2) is 24.3 Å². The maximum absolute atomic E-state index is 12.9. The van der Waals surface area contributed by atoms with Crippen LogP contribution in [0.1, 0.15) is 41.5 Å². The summed E-state index contributed by atoms with van der Waals surface area (Å²) in [5.41, 5.74) is 0.538. The largest absolute Gasteiger partial charge is 0.497 e. The first-order chi connectivity index (χ1) is 14.4. The number of rotatable bonds is 2. The van der Waals surface area contributed by atoms with Gasteiger partial charge in [-0.25, -0.2) is 9.59 Å². The van der Waals surface area contributed by atoms with Crippen LogP contribution < -0.4 is 9.64 Å². The van der Waals surface area contributed by atoms with Crippen LogP contribution in [-0.2, 0) is 23.1 Å². The van der Waals surface area contributed by atoms with E-state index in [0.717, 1.165) is 0 Å². The second-order valence-electron chi connectivity index (χ2n) is 10.3. The molecule has 0 bridgehead atoms. The molecule has 0 radical (unpaired) electrons. The number of ether oxygens (including phenoxy) is 3. The van der Waals surface area contributed by atoms with Crippen molar-refractivity contribution in [1.29, 1.82) is 0 Å². The van der Waals surface area contributed by atoms with E-state index >= 15 is 0 Å². The first-order valence-electron chi connectivity index (χ1n) is 10.6. The van der Waals surface area contributed by atoms with Crippen LogP contribution in [-0.4, -0.2) is 58.7 Å². The molecule has 0 unspecified atom stereocenters. The fourth-order valence-corrected chi connectivity index (χ4v) is 10.1. The smallest absolute Gasteiger partial charge is 0.415 e. The molecule has 3 heterocycles. The van der Waals surface area contributed by atoms with Gasteiger partial charge in [-0.1, -0.05) is 41.5 Å². The molecule has 3 fully saturated rings. The van der Waals surface area contributed by atoms with Crippen LogP contribution in [0.3, 0.4) is 0 Å². The van der Waals surface area contributed by atoms with Crippen molar-refractivity contribution in [2.45, 2.75) is 76.0 Å². The van der Waals surface area contributed by atoms with Gasteiger partial charge in [0.2, 0.25) is 0 Å². The summed E-state index contributed by atoms with van der Waals surface area (Å²) in [6, 6.07) is 5.99. The molecule has 8 nitrogen and oxygen atoms in total. The zero-order chi connectivity index (χ0) is 22.8. The van der Waals surface area contributed by atoms with E-state index in [1.807, 2.05) is 0 Å². The highest BCUT2D eigenvalue weighted by Gasteiger charge is 2.67. The van der Waals surface area contributed by atoms with E-state index in [1.165, 1.54) is 4.90 Å². The number of hydrogen-bond acceptors (Lipinski definition) is 7. The quantitative estimate of drug-likeness (QED) is 0.502. The molecular weight excluding hydrogens is 418 g/mol. The van der Waals surface area contributed by atoms with E-state index in [1.54, 1.807) is 31.4 Å². The lowest BCUT2D eigenvalue weighted by Gasteiger charge is -2.56. The number of fused-ring (bicyclic) bond motifs is 3. The number of hydrogen-bond donors (Lipinski definition) is 0. The number of anilines is 1. The zero-order valence-corrected chi connectivity index (χ0v) is 20.1. The second kappa shape index (κ2) is 7.21. The summed E-state index contributed by atoms with van der Waals surface area (Å²) in [7, 11) is -1.26. The van der Waals surface area contributed by atoms with Crippen LogP contribution >= 0.6 is 0 Å². The predicted octanol–water partition coefficient (Wildman–Crippen LogP) is 3.77. The van der Waals surface area contributed by atoms with Crippen molar-refractivity contribution in [3.05, 3.63) is 24.3 Å². The van der Waals surface area contributed by atoms with Gasteiger partial charge in [0.1, 0.15) is 11.9 Å². The summed E-state index contributed by atoms with van der Waals surface area (Å²) >= 11 is 0. The number of amides is 1. The van der Waals surface area contributed by atoms with E-state index in [4.69, 9.17) is 23.1 Å². The Hall–Kier alpha value is -2.10. The van der Waals surface area contributed by atoms with Gasteiger partial charge in [0.05, 0.1) is 13.7 Å². The molecule has 3 aliphatic rings. The summed E-state index contributed by atoms with van der Waals surface area (Å²) in [4.78, 5) is 27.1. The molecule has 170 valence electrons. The Bertz CT molecular complexity index is 859. The van der Waals surface area contributed by atoms with Crippen molar-refractivity contribution in [2.75, 3.05) is 18.6 Å². The van der Waals surface area contributed by atoms with E-state index in [0.29, 0.717) is 11.4 Å². The fraction of sp³-hybridized carbons (Fsp3) is 0.636. The van der Waals surface area contributed by atoms with Gasteiger partial charge in [-0.05, 0) is 24.3 Å². The number of esters is 1. The normalized spacial score (nSPS) is 30.2. The molecule has 9 heteroatoms. The molecule has 0 saturated carbocycles. The Labute approximate surface area is 184 Å². The van der Waals surface area contributed by atoms with Gasteiger partial charge in [-0.3, -0.25) is 4.90 Å². The summed E-state index contributed by atoms with van der Waals surface area (Å²) < 4.78 is 29.8. The van der Waals surface area contributed by atoms with E-state index in [9.17, 15) is 9.59 Å². The average molecular weight is 450 g/mol. The summed E-state index contributed by atoms with van der Waals surface area (Å²) in [5, 5.41) is -0.489. The Balaban J connectivity index is 1.69. The summed E-state index contributed by atoms with van der Waals surface area (Å²) in [6.07, 6.45) is -2.54. The Morgan fingerprint density at radius 1 is 0.968 bits per heavy atom. The highest BCUT2D eigenvalue weighted by Crippen LogP contribution is 2.55. The van der Waals surface area contributed by atoms with Gasteiger partial charge in [0.25, 0.3) is 0 Å². The third kappa shape index (κ3) is 3.34. The average Bonchev–Trinajstić information content (AvgIpc) is 3.04. The molecule has 31 heavy (non-hydrogen) atoms. The highest BCUT2D eigenvalue weighted by atomic mass is 28.4. The van der Waals surface area contributed by atoms with Crippen molar-refractivity contribution in [3.63, 3.8) is 0 Å². The third-order valence-electron chi connectivity index (χ3n) is 6.30. The SMILES string of the molecule is COc1ccc(N2C(=O)O[C@H]3[C@H]4O[Si](C(C)(C)C)(C(C)(C)C)OC[C@H]4OC(=O)[C@H]32)cc1. The van der Waals surface area contributed by atoms with Crippen LogP contribution in [0.5, 0.6) is 5.75 Å². The summed E-state index contributed by atoms with van der Waals surface area (Å²) in [5.74, 6) is 0.138. The van der Waals surface area contributed by atoms with Crippen LogP contribution in [0.4, 0.5) is 10.5 Å². The minimum atomic E-state index is -2.83. The predicted molar refractivity (Wildman–Crippen MR) is 115 cm³/mol. The second-order valence-corrected chi connectivity index (χ2v) is 15.1. The molecule has 3 saturated heterocycles. The van der Waals surface area contributed by atoms with E-state index < -0.39 is 45.0 Å². The van der Waals surface area contributed by atoms with Gasteiger partial charge in [0.15, 0.2) is 18.2 Å². The summed E-state index contributed by atoms with van der Waals surface area (Å²) in [6.45, 7) is 12.9. The fourth-order valence-electron chi connectivity index (χ4n) is 5.10. The van der Waals surface area contributed by atoms with Crippen molar-refractivity contribution in [3.8, 4) is 5.75 Å². The minimum Gasteiger partial charge on any atom is -0.497 e. The first kappa shape index (κ1) is 22.1. The molecule has 1 aromatic rings. The van der Waals surface area contributed by atoms with Crippen molar-refractivity contribution in [2.24, 2.45) is 0 Å². The molecule has 4 atom stereocenters. The molecule has 0 aliphatic carbocycles. The molecular formula is C22H31NO7Si. The van der Waals surface area contributed by atoms with Crippen molar-refractivity contribution >= 4 is 26.3 Å². The molecule has 1 amide bonds. The van der Waals surface area contributed by atoms with E-state index in [-0.39, 0.29) is 16.7 Å². The lowest BCUT2D eigenvalue weighted by atomic mass is 9.97. The molecule has 0 N–H and O–H groups in total. The van der Waals surface area contributed by atoms with Gasteiger partial charge in [0, 0.05) is 15.8 Å². The topological polar surface area (TPSA) is 83.5 Å². The molecule has 4 rings (SSSR count). The Kier molecular flexibility index (Phi) is 5.14. The van der Waals surface area contributed by atoms with Crippen LogP contribution in [0.25, 0.3) is 0 Å². The Morgan fingerprint density at radius 3 is 2.13 bits per heavy atom. The number of carbonyl (C=O) groups is 2. The standard InChI is InChI=1S/C22H31NO7Si/c1-21(2,3)31(22(4,5)6)27-12-15-17(30-31)18-16(19(24)28-15)23(20(25)29-18)13-8-10-14(26-7)11-9-13/h8-11,15-18H,12H2,1-7H3/t15-,16+,17+,18-/m1/s1. The van der Waals surface area contributed by atoms with Gasteiger partial charge in [-0.15, -0.1) is 0 Å². The molecule has 3 aliphatic heterocycles. The van der Waals surface area contributed by atoms with Gasteiger partial charge < -0.3 is 23.1 Å². The third-order valence-corrected chi connectivity index (χ3v) is 11.4. The number of nitrogens with zero attached hydrogens (tertiary/aromatic N) is 1. The monoisotopic (exact) mass is 449 g/mol. The molecule has 0 aromatic heterocycles. The number of methoxy groups -OCH3 is 1. The maximum Gasteiger partial charge on any atom is 0.415 e. The molecule has 0 spiro atoms. The highest BCUT2D eigenvalue weighted by molar-refractivity contribution is 6.73. The lowest BCUT2D eigenvalue weighted by Crippen LogP contribution is -2.71. The van der Waals surface area contributed by atoms with Crippen LogP contribution in [0, 0.1) is 0 Å². The van der Waals surface area contributed by atoms with E-state index in [2.05, 4.69) is 41.5 Å². The van der Waals surface area contributed by atoms with Crippen LogP contribution in [0.2, 0.25) is 10.1 Å². The van der Waals surface area contributed by atoms with Crippen molar-refractivity contribution in [1.82, 2.24) is 0 Å². The van der Waals surface area contributed by atoms with Crippen molar-refractivity contribution < 1.29 is 32.7 Å². The van der Waals surface area contributed by atoms with Gasteiger partial charge >= 0.3 is 20.6 Å². The number of benzene rings is 1. The Morgan fingerprint density at radius 2 is 1.58 bits per heavy atom. The number of carbonyl (C=O) groups excluding carboxylic acids is 2. The molecule has 1 aromatic carbocycles. The zero-order valence-electron chi connectivity index (χ0n) is 19.1. The lowest BCUT2D eigenvalue weighted by molar-refractivity contribution is -0.191. The minimum absolute atomic E-state index is 0.237. The van der Waals surface area contributed by atoms with Gasteiger partial charge in [-0.2, -0.15) is 0 Å². The maximum atomic E-state index is 12.9.